The molecule has 0 unspecified atom stereocenters. The Morgan fingerprint density at radius 1 is 1.14 bits per heavy atom. The Kier molecular flexibility index (Phi) is 6.94. The summed E-state index contributed by atoms with van der Waals surface area (Å²) in [4.78, 5) is 0. The highest BCUT2D eigenvalue weighted by Gasteiger charge is 2.11. The van der Waals surface area contributed by atoms with Crippen molar-refractivity contribution in [1.82, 2.24) is 0 Å². The van der Waals surface area contributed by atoms with Crippen molar-refractivity contribution in [3.05, 3.63) is 0 Å². The lowest BCUT2D eigenvalue weighted by molar-refractivity contribution is -1.92. The molecule has 0 heterocycles. The fraction of sp³-hybridized carbons (Fsp3) is 0. The summed E-state index contributed by atoms with van der Waals surface area (Å²) in [5.41, 5.74) is 0. The molecular formula is H4INO5. The van der Waals surface area contributed by atoms with Gasteiger partial charge in [-0.1, -0.05) is 0 Å². The van der Waals surface area contributed by atoms with Crippen LogP contribution in [0.4, 0.5) is 0 Å². The normalized spacial score (nSPS) is 9.43. The van der Waals surface area contributed by atoms with Gasteiger partial charge in [-0.25, -0.2) is 5.90 Å². The molecule has 0 aromatic rings. The van der Waals surface area contributed by atoms with Crippen LogP contribution in [0.15, 0.2) is 0 Å². The molecule has 0 saturated heterocycles. The van der Waals surface area contributed by atoms with E-state index in [1.807, 2.05) is 0 Å². The van der Waals surface area contributed by atoms with Gasteiger partial charge in [0.25, 0.3) is 0 Å². The second-order valence-corrected chi connectivity index (χ2v) is 2.66. The first kappa shape index (κ1) is 10.5. The maximum absolute atomic E-state index is 8.73. The summed E-state index contributed by atoms with van der Waals surface area (Å²) in [6, 6.07) is 0. The van der Waals surface area contributed by atoms with E-state index >= 15 is 0 Å². The predicted molar refractivity (Wildman–Crippen MR) is 8.19 cm³/mol. The molecular weight excluding hydrogens is 221 g/mol. The van der Waals surface area contributed by atoms with Crippen LogP contribution in [0, 0.1) is 0 Å². The van der Waals surface area contributed by atoms with Crippen LogP contribution in [0.25, 0.3) is 0 Å². The minimum absolute atomic E-state index is 3.50. The minimum atomic E-state index is -5.69. The molecule has 0 atom stereocenters. The van der Waals surface area contributed by atoms with Gasteiger partial charge in [-0.15, -0.1) is 0 Å². The summed E-state index contributed by atoms with van der Waals surface area (Å²) in [6.45, 7) is 0. The van der Waals surface area contributed by atoms with Crippen molar-refractivity contribution in [3.8, 4) is 0 Å². The molecule has 0 aliphatic carbocycles. The lowest BCUT2D eigenvalue weighted by Crippen LogP contribution is -4.23. The molecule has 0 bridgehead atoms. The van der Waals surface area contributed by atoms with E-state index in [0.717, 1.165) is 0 Å². The molecule has 0 fully saturated rings. The molecule has 46 valence electrons. The first-order chi connectivity index (χ1) is 3.00. The van der Waals surface area contributed by atoms with Gasteiger partial charge in [0, 0.05) is 3.44 Å². The van der Waals surface area contributed by atoms with Crippen molar-refractivity contribution in [2.24, 2.45) is 5.90 Å². The Morgan fingerprint density at radius 2 is 1.14 bits per heavy atom. The summed E-state index contributed by atoms with van der Waals surface area (Å²) >= 11 is -5.69. The van der Waals surface area contributed by atoms with Crippen LogP contribution >= 0.6 is 0 Å². The molecule has 7 heavy (non-hydrogen) atoms. The van der Waals surface area contributed by atoms with Gasteiger partial charge in [0.05, 0.1) is 0 Å². The summed E-state index contributed by atoms with van der Waals surface area (Å²) in [7, 11) is 0. The van der Waals surface area contributed by atoms with E-state index in [-0.39, 0.29) is 0 Å². The molecule has 0 aromatic carbocycles. The Balaban J connectivity index is 0. The van der Waals surface area contributed by atoms with Crippen molar-refractivity contribution in [3.63, 3.8) is 0 Å². The third-order valence-corrected chi connectivity index (χ3v) is 0. The maximum atomic E-state index is 8.73. The highest BCUT2D eigenvalue weighted by Crippen LogP contribution is 0.411. The van der Waals surface area contributed by atoms with Crippen molar-refractivity contribution in [1.29, 1.82) is 0 Å². The van der Waals surface area contributed by atoms with Crippen molar-refractivity contribution in [2.45, 2.75) is 0 Å². The van der Waals surface area contributed by atoms with Gasteiger partial charge >= 0.3 is 20.1 Å². The molecule has 0 aromatic heterocycles. The van der Waals surface area contributed by atoms with Crippen LogP contribution in [-0.4, -0.2) is 8.64 Å². The lowest BCUT2D eigenvalue weighted by atomic mass is 13.6. The highest BCUT2D eigenvalue weighted by molar-refractivity contribution is 2.77. The standard InChI is InChI=1S/HIO4.H3NO/c2-1(3,4)5;1-2/h2H;2H,1H2. The number of rotatable bonds is 0. The zero-order valence-corrected chi connectivity index (χ0v) is 5.23. The van der Waals surface area contributed by atoms with Crippen molar-refractivity contribution in [2.75, 3.05) is 0 Å². The summed E-state index contributed by atoms with van der Waals surface area (Å²) < 4.78 is 33.2. The van der Waals surface area contributed by atoms with Crippen LogP contribution in [-0.2, 0) is 0 Å². The van der Waals surface area contributed by atoms with E-state index < -0.39 is 20.1 Å². The monoisotopic (exact) mass is 225 g/mol. The number of halogens is 1. The second-order valence-electron chi connectivity index (χ2n) is 0.396. The van der Waals surface area contributed by atoms with Gasteiger partial charge in [0.1, 0.15) is 0 Å². The van der Waals surface area contributed by atoms with Crippen LogP contribution in [0.5, 0.6) is 0 Å². The van der Waals surface area contributed by atoms with E-state index in [9.17, 15) is 0 Å². The average molecular weight is 225 g/mol. The molecule has 0 rings (SSSR count). The quantitative estimate of drug-likeness (QED) is 0.276. The van der Waals surface area contributed by atoms with Gasteiger partial charge in [-0.3, -0.25) is 10.3 Å². The third-order valence-electron chi connectivity index (χ3n) is 0. The molecule has 7 heteroatoms. The zero-order valence-electron chi connectivity index (χ0n) is 3.07. The molecule has 0 spiro atoms. The molecule has 6 nitrogen and oxygen atoms in total. The largest absolute Gasteiger partial charge is 0.368 e. The van der Waals surface area contributed by atoms with E-state index in [0.29, 0.717) is 0 Å². The van der Waals surface area contributed by atoms with Crippen LogP contribution in [0.2, 0.25) is 0 Å². The smallest absolute Gasteiger partial charge is 0.320 e. The molecule has 0 saturated carbocycles. The maximum Gasteiger partial charge on any atom is 0.368 e. The average Bonchev–Trinajstić information content (AvgIpc) is 1.36. The van der Waals surface area contributed by atoms with Gasteiger partial charge < -0.3 is 5.21 Å². The van der Waals surface area contributed by atoms with Crippen molar-refractivity contribution < 1.29 is 39.0 Å². The molecule has 0 radical (unpaired) electrons. The SMILES string of the molecule is NO.[O-][I+3]([O-])([O-])O. The Hall–Kier alpha value is 0.490. The van der Waals surface area contributed by atoms with E-state index in [1.54, 1.807) is 0 Å². The number of nitrogens with two attached hydrogens (primary N) is 1. The predicted octanol–water partition coefficient (Wildman–Crippen LogP) is -7.79. The Labute approximate surface area is 45.5 Å². The van der Waals surface area contributed by atoms with Gasteiger partial charge in [0.2, 0.25) is 0 Å². The van der Waals surface area contributed by atoms with Crippen LogP contribution < -0.4 is 36.3 Å². The third kappa shape index (κ3) is 545. The van der Waals surface area contributed by atoms with Gasteiger partial charge in [-0.2, -0.15) is 0 Å². The first-order valence-electron chi connectivity index (χ1n) is 0.890. The van der Waals surface area contributed by atoms with Gasteiger partial charge in [-0.05, 0) is 0 Å². The number of hydrogen-bond acceptors (Lipinski definition) is 6. The van der Waals surface area contributed by atoms with E-state index in [2.05, 4.69) is 5.90 Å². The Morgan fingerprint density at radius 3 is 1.14 bits per heavy atom. The number of hydrogen-bond donors (Lipinski definition) is 3. The topological polar surface area (TPSA) is 136 Å². The zero-order chi connectivity index (χ0) is 6.50. The summed E-state index contributed by atoms with van der Waals surface area (Å²) in [5.74, 6) is 3.50. The van der Waals surface area contributed by atoms with Crippen LogP contribution in [0.3, 0.4) is 0 Å². The van der Waals surface area contributed by atoms with E-state index in [4.69, 9.17) is 19.0 Å². The van der Waals surface area contributed by atoms with Crippen LogP contribution in [0.1, 0.15) is 0 Å². The fourth-order valence-electron chi connectivity index (χ4n) is 0. The molecule has 0 aliphatic heterocycles. The minimum Gasteiger partial charge on any atom is -0.320 e. The Bertz CT molecular complexity index is 23.6. The molecule has 0 aliphatic rings. The molecule has 0 amide bonds. The molecule has 4 N–H and O–H groups in total. The second kappa shape index (κ2) is 4.64. The summed E-state index contributed by atoms with van der Waals surface area (Å²) in [5, 5.41) is 6.50. The van der Waals surface area contributed by atoms with Crippen molar-refractivity contribution >= 4 is 0 Å². The summed E-state index contributed by atoms with van der Waals surface area (Å²) in [6.07, 6.45) is 0. The fourth-order valence-corrected chi connectivity index (χ4v) is 0. The van der Waals surface area contributed by atoms with Gasteiger partial charge in [0.15, 0.2) is 0 Å². The highest BCUT2D eigenvalue weighted by atomic mass is 127. The lowest BCUT2D eigenvalue weighted by Gasteiger charge is -1.93. The first-order valence-corrected chi connectivity index (χ1v) is 4.50. The van der Waals surface area contributed by atoms with E-state index in [1.165, 1.54) is 0 Å².